The Balaban J connectivity index is 2.07. The summed E-state index contributed by atoms with van der Waals surface area (Å²) in [5.74, 6) is -1.55. The van der Waals surface area contributed by atoms with E-state index in [9.17, 15) is 14.3 Å². The van der Waals surface area contributed by atoms with Gasteiger partial charge in [-0.3, -0.25) is 0 Å². The second-order valence-electron chi connectivity index (χ2n) is 5.25. The third-order valence-electron chi connectivity index (χ3n) is 3.47. The fourth-order valence-corrected chi connectivity index (χ4v) is 2.44. The van der Waals surface area contributed by atoms with Crippen molar-refractivity contribution < 1.29 is 14.3 Å². The molecule has 0 unspecified atom stereocenters. The van der Waals surface area contributed by atoms with Crippen LogP contribution in [0, 0.1) is 12.7 Å². The maximum Gasteiger partial charge on any atom is 0.358 e. The van der Waals surface area contributed by atoms with Crippen molar-refractivity contribution >= 4 is 5.97 Å². The number of carbonyl (C=O) groups is 1. The third kappa shape index (κ3) is 3.11. The van der Waals surface area contributed by atoms with Gasteiger partial charge < -0.3 is 5.11 Å². The number of aromatic nitrogens is 3. The van der Waals surface area contributed by atoms with E-state index in [4.69, 9.17) is 0 Å². The van der Waals surface area contributed by atoms with Gasteiger partial charge in [0, 0.05) is 5.56 Å². The van der Waals surface area contributed by atoms with Gasteiger partial charge in [0.2, 0.25) is 0 Å². The monoisotopic (exact) mass is 311 g/mol. The molecule has 0 bridgehead atoms. The van der Waals surface area contributed by atoms with E-state index in [1.165, 1.54) is 28.9 Å². The maximum atomic E-state index is 13.1. The van der Waals surface area contributed by atoms with Crippen LogP contribution in [0.2, 0.25) is 0 Å². The van der Waals surface area contributed by atoms with Gasteiger partial charge in [0.1, 0.15) is 11.5 Å². The van der Waals surface area contributed by atoms with E-state index in [1.807, 2.05) is 31.2 Å². The zero-order valence-corrected chi connectivity index (χ0v) is 12.4. The van der Waals surface area contributed by atoms with E-state index in [-0.39, 0.29) is 11.5 Å². The van der Waals surface area contributed by atoms with Crippen LogP contribution in [0.3, 0.4) is 0 Å². The predicted molar refractivity (Wildman–Crippen MR) is 82.7 cm³/mol. The van der Waals surface area contributed by atoms with Crippen LogP contribution in [0.5, 0.6) is 0 Å². The Morgan fingerprint density at radius 1 is 1.22 bits per heavy atom. The van der Waals surface area contributed by atoms with Crippen molar-refractivity contribution in [3.63, 3.8) is 0 Å². The molecule has 3 rings (SSSR count). The minimum Gasteiger partial charge on any atom is -0.476 e. The highest BCUT2D eigenvalue weighted by atomic mass is 19.1. The lowest BCUT2D eigenvalue weighted by atomic mass is 10.1. The zero-order valence-electron chi connectivity index (χ0n) is 12.4. The first-order valence-electron chi connectivity index (χ1n) is 7.03. The molecule has 0 saturated carbocycles. The first kappa shape index (κ1) is 14.9. The Labute approximate surface area is 132 Å². The van der Waals surface area contributed by atoms with E-state index >= 15 is 0 Å². The van der Waals surface area contributed by atoms with Gasteiger partial charge >= 0.3 is 5.97 Å². The van der Waals surface area contributed by atoms with Crippen LogP contribution < -0.4 is 0 Å². The van der Waals surface area contributed by atoms with Gasteiger partial charge in [-0.25, -0.2) is 13.9 Å². The summed E-state index contributed by atoms with van der Waals surface area (Å²) in [6.45, 7) is 2.36. The van der Waals surface area contributed by atoms with Crippen molar-refractivity contribution in [2.24, 2.45) is 0 Å². The Bertz CT molecular complexity index is 857. The summed E-state index contributed by atoms with van der Waals surface area (Å²) in [6, 6.07) is 13.4. The number of aryl methyl sites for hydroxylation is 1. The first-order valence-corrected chi connectivity index (χ1v) is 7.03. The molecule has 0 aliphatic heterocycles. The van der Waals surface area contributed by atoms with Gasteiger partial charge in [-0.05, 0) is 36.8 Å². The predicted octanol–water partition coefficient (Wildman–Crippen LogP) is 3.14. The van der Waals surface area contributed by atoms with E-state index in [1.54, 1.807) is 0 Å². The number of nitrogens with zero attached hydrogens (tertiary/aromatic N) is 3. The van der Waals surface area contributed by atoms with Crippen molar-refractivity contribution in [2.75, 3.05) is 0 Å². The molecule has 0 saturated heterocycles. The van der Waals surface area contributed by atoms with Gasteiger partial charge in [0.15, 0.2) is 5.69 Å². The maximum absolute atomic E-state index is 13.1. The summed E-state index contributed by atoms with van der Waals surface area (Å²) in [7, 11) is 0. The normalized spacial score (nSPS) is 10.7. The number of rotatable bonds is 4. The second kappa shape index (κ2) is 6.00. The van der Waals surface area contributed by atoms with Gasteiger partial charge in [-0.2, -0.15) is 0 Å². The number of benzene rings is 2. The molecule has 2 aromatic carbocycles. The quantitative estimate of drug-likeness (QED) is 0.803. The van der Waals surface area contributed by atoms with Crippen molar-refractivity contribution in [2.45, 2.75) is 13.5 Å². The molecular formula is C17H14FN3O2. The highest BCUT2D eigenvalue weighted by Gasteiger charge is 2.20. The van der Waals surface area contributed by atoms with Crippen molar-refractivity contribution in [1.82, 2.24) is 15.0 Å². The Hall–Kier alpha value is -3.02. The molecule has 0 radical (unpaired) electrons. The molecule has 23 heavy (non-hydrogen) atoms. The molecule has 116 valence electrons. The molecular weight excluding hydrogens is 297 g/mol. The number of aromatic carboxylic acids is 1. The topological polar surface area (TPSA) is 68.0 Å². The first-order chi connectivity index (χ1) is 11.0. The van der Waals surface area contributed by atoms with Crippen LogP contribution in [0.25, 0.3) is 11.3 Å². The molecule has 0 fully saturated rings. The summed E-state index contributed by atoms with van der Waals surface area (Å²) in [4.78, 5) is 11.4. The Morgan fingerprint density at radius 3 is 2.61 bits per heavy atom. The standard InChI is InChI=1S/C17H14FN3O2/c1-11-3-2-4-12(9-11)10-21-16(15(17(22)23)19-20-21)13-5-7-14(18)8-6-13/h2-9H,10H2,1H3,(H,22,23). The number of hydrogen-bond donors (Lipinski definition) is 1. The fourth-order valence-electron chi connectivity index (χ4n) is 2.44. The fraction of sp³-hybridized carbons (Fsp3) is 0.118. The summed E-state index contributed by atoms with van der Waals surface area (Å²) >= 11 is 0. The number of halogens is 1. The van der Waals surface area contributed by atoms with Crippen LogP contribution in [-0.4, -0.2) is 26.1 Å². The van der Waals surface area contributed by atoms with Crippen molar-refractivity contribution in [3.8, 4) is 11.3 Å². The number of carboxylic acid groups (broad SMARTS) is 1. The van der Waals surface area contributed by atoms with Gasteiger partial charge in [0.05, 0.1) is 6.54 Å². The minimum absolute atomic E-state index is 0.149. The van der Waals surface area contributed by atoms with Crippen LogP contribution in [0.1, 0.15) is 21.6 Å². The molecule has 0 aliphatic rings. The molecule has 0 amide bonds. The molecule has 1 heterocycles. The lowest BCUT2D eigenvalue weighted by molar-refractivity contribution is 0.0691. The van der Waals surface area contributed by atoms with Gasteiger partial charge in [-0.1, -0.05) is 35.0 Å². The molecule has 3 aromatic rings. The van der Waals surface area contributed by atoms with E-state index < -0.39 is 5.97 Å². The molecule has 0 aliphatic carbocycles. The van der Waals surface area contributed by atoms with Crippen LogP contribution in [0.15, 0.2) is 48.5 Å². The lowest BCUT2D eigenvalue weighted by Crippen LogP contribution is -2.06. The minimum atomic E-state index is -1.17. The summed E-state index contributed by atoms with van der Waals surface area (Å²) in [5.41, 5.74) is 2.85. The average Bonchev–Trinajstić information content (AvgIpc) is 2.92. The molecule has 0 spiro atoms. The molecule has 0 atom stereocenters. The lowest BCUT2D eigenvalue weighted by Gasteiger charge is -2.08. The van der Waals surface area contributed by atoms with Gasteiger partial charge in [-0.15, -0.1) is 5.10 Å². The summed E-state index contributed by atoms with van der Waals surface area (Å²) in [6.07, 6.45) is 0. The van der Waals surface area contributed by atoms with Crippen molar-refractivity contribution in [1.29, 1.82) is 0 Å². The summed E-state index contributed by atoms with van der Waals surface area (Å²) < 4.78 is 14.6. The second-order valence-corrected chi connectivity index (χ2v) is 5.25. The number of carboxylic acids is 1. The van der Waals surface area contributed by atoms with E-state index in [0.717, 1.165) is 11.1 Å². The largest absolute Gasteiger partial charge is 0.476 e. The SMILES string of the molecule is Cc1cccc(Cn2nnc(C(=O)O)c2-c2ccc(F)cc2)c1. The Morgan fingerprint density at radius 2 is 1.96 bits per heavy atom. The molecule has 5 nitrogen and oxygen atoms in total. The van der Waals surface area contributed by atoms with Crippen molar-refractivity contribution in [3.05, 3.63) is 71.2 Å². The molecule has 6 heteroatoms. The summed E-state index contributed by atoms with van der Waals surface area (Å²) in [5, 5.41) is 17.0. The van der Waals surface area contributed by atoms with Gasteiger partial charge in [0.25, 0.3) is 0 Å². The van der Waals surface area contributed by atoms with Crippen LogP contribution in [0.4, 0.5) is 4.39 Å². The Kier molecular flexibility index (Phi) is 3.89. The van der Waals surface area contributed by atoms with E-state index in [0.29, 0.717) is 17.8 Å². The highest BCUT2D eigenvalue weighted by Crippen LogP contribution is 2.23. The van der Waals surface area contributed by atoms with E-state index in [2.05, 4.69) is 10.3 Å². The number of hydrogen-bond acceptors (Lipinski definition) is 3. The highest BCUT2D eigenvalue weighted by molar-refractivity contribution is 5.92. The van der Waals surface area contributed by atoms with Crippen LogP contribution in [-0.2, 0) is 6.54 Å². The average molecular weight is 311 g/mol. The smallest absolute Gasteiger partial charge is 0.358 e. The van der Waals surface area contributed by atoms with Crippen LogP contribution >= 0.6 is 0 Å². The molecule has 1 N–H and O–H groups in total. The molecule has 1 aromatic heterocycles. The zero-order chi connectivity index (χ0) is 16.4. The third-order valence-corrected chi connectivity index (χ3v) is 3.47.